The zero-order valence-corrected chi connectivity index (χ0v) is 14.1. The predicted molar refractivity (Wildman–Crippen MR) is 78.9 cm³/mol. The average molecular weight is 384 g/mol. The van der Waals surface area contributed by atoms with Crippen LogP contribution in [-0.4, -0.2) is 29.3 Å². The summed E-state index contributed by atoms with van der Waals surface area (Å²) in [6.07, 6.45) is 1.62. The van der Waals surface area contributed by atoms with Crippen LogP contribution in [0.1, 0.15) is 0 Å². The summed E-state index contributed by atoms with van der Waals surface area (Å²) >= 11 is 0. The van der Waals surface area contributed by atoms with Crippen molar-refractivity contribution in [3.8, 4) is 0 Å². The summed E-state index contributed by atoms with van der Waals surface area (Å²) in [4.78, 5) is -1.35. The summed E-state index contributed by atoms with van der Waals surface area (Å²) in [6, 6.07) is 5.26. The number of hydrogen-bond donors (Lipinski definition) is 0. The Morgan fingerprint density at radius 1 is 0.708 bits per heavy atom. The third kappa shape index (κ3) is 5.31. The van der Waals surface area contributed by atoms with E-state index in [1.165, 1.54) is 0 Å². The molecule has 10 heteroatoms. The van der Waals surface area contributed by atoms with E-state index in [1.807, 2.05) is 0 Å². The Morgan fingerprint density at radius 2 is 1.21 bits per heavy atom. The normalized spacial score (nSPS) is 11.6. The molecule has 0 bridgehead atoms. The van der Waals surface area contributed by atoms with Crippen molar-refractivity contribution in [1.29, 1.82) is 0 Å². The van der Waals surface area contributed by atoms with E-state index in [9.17, 15) is 34.4 Å². The van der Waals surface area contributed by atoms with Crippen molar-refractivity contribution in [2.45, 2.75) is 9.79 Å². The van der Waals surface area contributed by atoms with Gasteiger partial charge >= 0.3 is 0 Å². The molecule has 0 spiro atoms. The van der Waals surface area contributed by atoms with Crippen molar-refractivity contribution in [1.82, 2.24) is 0 Å². The van der Waals surface area contributed by atoms with Gasteiger partial charge in [0.25, 0.3) is 0 Å². The first-order chi connectivity index (χ1) is 10.8. The zero-order valence-electron chi connectivity index (χ0n) is 12.4. The lowest BCUT2D eigenvalue weighted by Crippen LogP contribution is -2.03. The quantitative estimate of drug-likeness (QED) is 0.590. The van der Waals surface area contributed by atoms with Crippen molar-refractivity contribution < 1.29 is 34.4 Å². The zero-order chi connectivity index (χ0) is 18.7. The first-order valence-corrected chi connectivity index (χ1v) is 9.91. The van der Waals surface area contributed by atoms with Gasteiger partial charge in [0.1, 0.15) is 33.1 Å². The molecule has 2 aromatic rings. The van der Waals surface area contributed by atoms with Crippen molar-refractivity contribution in [3.05, 3.63) is 59.7 Å². The maximum Gasteiger partial charge on any atom is 0.181 e. The number of halogens is 4. The lowest BCUT2D eigenvalue weighted by atomic mass is 10.3. The second-order valence-corrected chi connectivity index (χ2v) is 8.61. The van der Waals surface area contributed by atoms with Crippen LogP contribution < -0.4 is 0 Å². The highest BCUT2D eigenvalue weighted by atomic mass is 32.2. The number of hydrogen-bond acceptors (Lipinski definition) is 4. The molecule has 0 fully saturated rings. The van der Waals surface area contributed by atoms with E-state index in [1.54, 1.807) is 0 Å². The summed E-state index contributed by atoms with van der Waals surface area (Å²) in [5.41, 5.74) is 0. The van der Waals surface area contributed by atoms with Crippen molar-refractivity contribution in [2.24, 2.45) is 0 Å². The molecule has 0 saturated carbocycles. The Labute approximate surface area is 136 Å². The largest absolute Gasteiger partial charge is 0.224 e. The second kappa shape index (κ2) is 7.31. The molecule has 0 aliphatic rings. The van der Waals surface area contributed by atoms with E-state index in [-0.39, 0.29) is 0 Å². The molecule has 2 aromatic carbocycles. The van der Waals surface area contributed by atoms with Crippen LogP contribution in [0.4, 0.5) is 17.6 Å². The van der Waals surface area contributed by atoms with E-state index >= 15 is 0 Å². The summed E-state index contributed by atoms with van der Waals surface area (Å²) in [5, 5.41) is 0. The van der Waals surface area contributed by atoms with Crippen LogP contribution in [0.3, 0.4) is 0 Å². The minimum atomic E-state index is -3.81. The van der Waals surface area contributed by atoms with Crippen LogP contribution in [0.15, 0.2) is 46.2 Å². The van der Waals surface area contributed by atoms with Gasteiger partial charge in [-0.15, -0.1) is 0 Å². The molecule has 2 rings (SSSR count). The minimum absolute atomic E-state index is 0.482. The summed E-state index contributed by atoms with van der Waals surface area (Å²) in [6.45, 7) is 0. The molecule has 0 radical (unpaired) electrons. The smallest absolute Gasteiger partial charge is 0.181 e. The summed E-state index contributed by atoms with van der Waals surface area (Å²) in [5.74, 6) is -3.97. The van der Waals surface area contributed by atoms with Crippen LogP contribution in [-0.2, 0) is 19.7 Å². The number of rotatable bonds is 2. The summed E-state index contributed by atoms with van der Waals surface area (Å²) in [7, 11) is -7.41. The van der Waals surface area contributed by atoms with Crippen LogP contribution in [0.25, 0.3) is 0 Å². The average Bonchev–Trinajstić information content (AvgIpc) is 2.35. The Bertz CT molecular complexity index is 934. The van der Waals surface area contributed by atoms with E-state index in [0.29, 0.717) is 6.07 Å². The Morgan fingerprint density at radius 3 is 1.54 bits per heavy atom. The highest BCUT2D eigenvalue weighted by Gasteiger charge is 2.18. The molecule has 0 N–H and O–H groups in total. The maximum atomic E-state index is 12.7. The highest BCUT2D eigenvalue weighted by molar-refractivity contribution is 7.91. The minimum Gasteiger partial charge on any atom is -0.224 e. The van der Waals surface area contributed by atoms with Gasteiger partial charge in [0.05, 0.1) is 0 Å². The Hall–Kier alpha value is -1.94. The summed E-state index contributed by atoms with van der Waals surface area (Å²) < 4.78 is 93.7. The molecule has 0 aliphatic heterocycles. The van der Waals surface area contributed by atoms with Crippen molar-refractivity contribution in [3.63, 3.8) is 0 Å². The molecular formula is C14H12F4O4S2. The van der Waals surface area contributed by atoms with Gasteiger partial charge in [-0.3, -0.25) is 0 Å². The van der Waals surface area contributed by atoms with E-state index in [0.717, 1.165) is 42.8 Å². The molecule has 0 aromatic heterocycles. The molecule has 24 heavy (non-hydrogen) atoms. The fourth-order valence-electron chi connectivity index (χ4n) is 1.61. The Kier molecular flexibility index (Phi) is 6.12. The van der Waals surface area contributed by atoms with Crippen LogP contribution >= 0.6 is 0 Å². The van der Waals surface area contributed by atoms with E-state index in [2.05, 4.69) is 0 Å². The standard InChI is InChI=1S/2C7H6F2O2S/c1-12(10,11)7-3-2-5(8)4-6(7)9;1-12(10,11)7-5(8)3-2-4-6(7)9/h2*2-4H,1H3. The van der Waals surface area contributed by atoms with Gasteiger partial charge in [0.15, 0.2) is 19.7 Å². The molecule has 0 saturated heterocycles. The molecule has 0 atom stereocenters. The predicted octanol–water partition coefficient (Wildman–Crippen LogP) is 2.74. The first kappa shape index (κ1) is 20.1. The second-order valence-electron chi connectivity index (χ2n) is 4.67. The molecule has 0 aliphatic carbocycles. The monoisotopic (exact) mass is 384 g/mol. The highest BCUT2D eigenvalue weighted by Crippen LogP contribution is 2.17. The SMILES string of the molecule is CS(=O)(=O)c1c(F)cccc1F.CS(=O)(=O)c1ccc(F)cc1F. The van der Waals surface area contributed by atoms with E-state index < -0.39 is 52.7 Å². The van der Waals surface area contributed by atoms with Crippen molar-refractivity contribution in [2.75, 3.05) is 12.5 Å². The van der Waals surface area contributed by atoms with Crippen molar-refractivity contribution >= 4 is 19.7 Å². The third-order valence-corrected chi connectivity index (χ3v) is 4.84. The number of benzene rings is 2. The van der Waals surface area contributed by atoms with E-state index in [4.69, 9.17) is 0 Å². The molecule has 0 amide bonds. The van der Waals surface area contributed by atoms with Crippen LogP contribution in [0.5, 0.6) is 0 Å². The molecule has 0 unspecified atom stereocenters. The molecule has 132 valence electrons. The maximum absolute atomic E-state index is 12.7. The van der Waals surface area contributed by atoms with Gasteiger partial charge in [-0.25, -0.2) is 34.4 Å². The van der Waals surface area contributed by atoms with Gasteiger partial charge < -0.3 is 0 Å². The molecule has 4 nitrogen and oxygen atoms in total. The lowest BCUT2D eigenvalue weighted by molar-refractivity contribution is 0.521. The number of sulfone groups is 2. The van der Waals surface area contributed by atoms with Crippen LogP contribution in [0, 0.1) is 23.3 Å². The third-order valence-electron chi connectivity index (χ3n) is 2.58. The first-order valence-electron chi connectivity index (χ1n) is 6.13. The van der Waals surface area contributed by atoms with Gasteiger partial charge in [0.2, 0.25) is 0 Å². The molecule has 0 heterocycles. The van der Waals surface area contributed by atoms with Gasteiger partial charge in [-0.05, 0) is 24.3 Å². The van der Waals surface area contributed by atoms with Crippen LogP contribution in [0.2, 0.25) is 0 Å². The Balaban J connectivity index is 0.000000240. The fraction of sp³-hybridized carbons (Fsp3) is 0.143. The van der Waals surface area contributed by atoms with Gasteiger partial charge in [0, 0.05) is 18.6 Å². The topological polar surface area (TPSA) is 68.3 Å². The van der Waals surface area contributed by atoms with Gasteiger partial charge in [-0.1, -0.05) is 6.07 Å². The van der Waals surface area contributed by atoms with Gasteiger partial charge in [-0.2, -0.15) is 0 Å². The molecular weight excluding hydrogens is 372 g/mol. The lowest BCUT2D eigenvalue weighted by Gasteiger charge is -2.00. The fourth-order valence-corrected chi connectivity index (χ4v) is 3.19.